The highest BCUT2D eigenvalue weighted by Crippen LogP contribution is 2.16. The Labute approximate surface area is 115 Å². The Morgan fingerprint density at radius 2 is 2.28 bits per heavy atom. The number of hydrogen-bond acceptors (Lipinski definition) is 2. The molecule has 0 bridgehead atoms. The highest BCUT2D eigenvalue weighted by molar-refractivity contribution is 6.30. The van der Waals surface area contributed by atoms with Crippen molar-refractivity contribution in [2.24, 2.45) is 0 Å². The van der Waals surface area contributed by atoms with Crippen molar-refractivity contribution in [2.75, 3.05) is 13.1 Å². The Hall–Kier alpha value is -0.570. The Kier molecular flexibility index (Phi) is 5.04. The summed E-state index contributed by atoms with van der Waals surface area (Å²) in [5, 5.41) is 4.48. The van der Waals surface area contributed by atoms with Gasteiger partial charge in [0.15, 0.2) is 0 Å². The standard InChI is InChI=1S/C15H23ClN2/c1-12(2)17-15-7-4-8-18(11-15)10-13-5-3-6-14(16)9-13/h3,5-6,9,12,15,17H,4,7-8,10-11H2,1-2H3. The number of benzene rings is 1. The summed E-state index contributed by atoms with van der Waals surface area (Å²) in [5.41, 5.74) is 1.31. The van der Waals surface area contributed by atoms with Crippen LogP contribution in [-0.2, 0) is 6.54 Å². The molecule has 100 valence electrons. The second-order valence-corrected chi connectivity index (χ2v) is 5.96. The Morgan fingerprint density at radius 1 is 1.44 bits per heavy atom. The van der Waals surface area contributed by atoms with Crippen LogP contribution in [0, 0.1) is 0 Å². The van der Waals surface area contributed by atoms with Crippen molar-refractivity contribution in [3.05, 3.63) is 34.9 Å². The van der Waals surface area contributed by atoms with E-state index in [1.54, 1.807) is 0 Å². The van der Waals surface area contributed by atoms with Gasteiger partial charge in [0.25, 0.3) is 0 Å². The van der Waals surface area contributed by atoms with Gasteiger partial charge in [-0.3, -0.25) is 4.90 Å². The molecule has 2 nitrogen and oxygen atoms in total. The van der Waals surface area contributed by atoms with E-state index in [0.717, 1.165) is 18.1 Å². The van der Waals surface area contributed by atoms with Gasteiger partial charge in [0.1, 0.15) is 0 Å². The largest absolute Gasteiger partial charge is 0.311 e. The number of hydrogen-bond donors (Lipinski definition) is 1. The van der Waals surface area contributed by atoms with Gasteiger partial charge in [-0.05, 0) is 37.1 Å². The number of piperidine rings is 1. The van der Waals surface area contributed by atoms with E-state index in [1.165, 1.54) is 24.9 Å². The topological polar surface area (TPSA) is 15.3 Å². The van der Waals surface area contributed by atoms with Crippen molar-refractivity contribution in [1.82, 2.24) is 10.2 Å². The number of halogens is 1. The molecule has 1 unspecified atom stereocenters. The summed E-state index contributed by atoms with van der Waals surface area (Å²) in [5.74, 6) is 0. The summed E-state index contributed by atoms with van der Waals surface area (Å²) in [7, 11) is 0. The molecule has 1 aliphatic heterocycles. The van der Waals surface area contributed by atoms with Crippen LogP contribution < -0.4 is 5.32 Å². The first kappa shape index (κ1) is 13.9. The second-order valence-electron chi connectivity index (χ2n) is 5.53. The molecule has 1 saturated heterocycles. The third-order valence-corrected chi connectivity index (χ3v) is 3.60. The Balaban J connectivity index is 1.89. The second kappa shape index (κ2) is 6.55. The molecular formula is C15H23ClN2. The minimum Gasteiger partial charge on any atom is -0.311 e. The SMILES string of the molecule is CC(C)NC1CCCN(Cc2cccc(Cl)c2)C1. The molecule has 1 aliphatic rings. The normalized spacial score (nSPS) is 21.4. The number of likely N-dealkylation sites (tertiary alicyclic amines) is 1. The smallest absolute Gasteiger partial charge is 0.0409 e. The van der Waals surface area contributed by atoms with E-state index in [4.69, 9.17) is 11.6 Å². The zero-order valence-electron chi connectivity index (χ0n) is 11.3. The molecule has 0 aromatic heterocycles. The maximum atomic E-state index is 6.03. The van der Waals surface area contributed by atoms with Crippen molar-refractivity contribution in [1.29, 1.82) is 0 Å². The number of nitrogens with one attached hydrogen (secondary N) is 1. The van der Waals surface area contributed by atoms with E-state index in [-0.39, 0.29) is 0 Å². The highest BCUT2D eigenvalue weighted by atomic mass is 35.5. The Bertz CT molecular complexity index is 379. The fraction of sp³-hybridized carbons (Fsp3) is 0.600. The average molecular weight is 267 g/mol. The maximum Gasteiger partial charge on any atom is 0.0409 e. The third-order valence-electron chi connectivity index (χ3n) is 3.37. The summed E-state index contributed by atoms with van der Waals surface area (Å²) >= 11 is 6.03. The van der Waals surface area contributed by atoms with Crippen LogP contribution in [0.3, 0.4) is 0 Å². The van der Waals surface area contributed by atoms with E-state index in [0.29, 0.717) is 12.1 Å². The van der Waals surface area contributed by atoms with Crippen LogP contribution in [0.15, 0.2) is 24.3 Å². The number of rotatable bonds is 4. The first-order chi connectivity index (χ1) is 8.63. The summed E-state index contributed by atoms with van der Waals surface area (Å²) in [6.07, 6.45) is 2.58. The number of nitrogens with zero attached hydrogens (tertiary/aromatic N) is 1. The van der Waals surface area contributed by atoms with Gasteiger partial charge in [0, 0.05) is 30.2 Å². The van der Waals surface area contributed by atoms with E-state index in [1.807, 2.05) is 12.1 Å². The fourth-order valence-electron chi connectivity index (χ4n) is 2.70. The van der Waals surface area contributed by atoms with Gasteiger partial charge in [0.2, 0.25) is 0 Å². The predicted octanol–water partition coefficient (Wildman–Crippen LogP) is 3.30. The average Bonchev–Trinajstić information content (AvgIpc) is 2.28. The monoisotopic (exact) mass is 266 g/mol. The molecule has 1 aromatic rings. The quantitative estimate of drug-likeness (QED) is 0.900. The molecule has 0 spiro atoms. The van der Waals surface area contributed by atoms with Crippen LogP contribution in [0.2, 0.25) is 5.02 Å². The van der Waals surface area contributed by atoms with Crippen LogP contribution in [0.1, 0.15) is 32.3 Å². The van der Waals surface area contributed by atoms with Crippen LogP contribution in [0.4, 0.5) is 0 Å². The van der Waals surface area contributed by atoms with Gasteiger partial charge in [-0.1, -0.05) is 37.6 Å². The van der Waals surface area contributed by atoms with Crippen molar-refractivity contribution in [3.63, 3.8) is 0 Å². The van der Waals surface area contributed by atoms with E-state index >= 15 is 0 Å². The van der Waals surface area contributed by atoms with Crippen LogP contribution in [0.25, 0.3) is 0 Å². The lowest BCUT2D eigenvalue weighted by atomic mass is 10.0. The van der Waals surface area contributed by atoms with Gasteiger partial charge < -0.3 is 5.32 Å². The molecule has 1 atom stereocenters. The van der Waals surface area contributed by atoms with Crippen LogP contribution in [0.5, 0.6) is 0 Å². The van der Waals surface area contributed by atoms with E-state index in [9.17, 15) is 0 Å². The molecule has 0 saturated carbocycles. The van der Waals surface area contributed by atoms with Crippen molar-refractivity contribution >= 4 is 11.6 Å². The molecule has 0 radical (unpaired) electrons. The lowest BCUT2D eigenvalue weighted by Crippen LogP contribution is -2.47. The summed E-state index contributed by atoms with van der Waals surface area (Å²) in [6, 6.07) is 9.40. The molecule has 1 heterocycles. The van der Waals surface area contributed by atoms with E-state index in [2.05, 4.69) is 36.2 Å². The fourth-order valence-corrected chi connectivity index (χ4v) is 2.91. The van der Waals surface area contributed by atoms with Crippen LogP contribution in [-0.4, -0.2) is 30.1 Å². The van der Waals surface area contributed by atoms with E-state index < -0.39 is 0 Å². The molecule has 0 amide bonds. The van der Waals surface area contributed by atoms with Gasteiger partial charge >= 0.3 is 0 Å². The summed E-state index contributed by atoms with van der Waals surface area (Å²) in [6.45, 7) is 7.79. The minimum absolute atomic E-state index is 0.570. The van der Waals surface area contributed by atoms with Gasteiger partial charge in [0.05, 0.1) is 0 Å². The maximum absolute atomic E-state index is 6.03. The van der Waals surface area contributed by atoms with Gasteiger partial charge in [-0.2, -0.15) is 0 Å². The molecule has 0 aliphatic carbocycles. The van der Waals surface area contributed by atoms with Crippen molar-refractivity contribution in [3.8, 4) is 0 Å². The summed E-state index contributed by atoms with van der Waals surface area (Å²) < 4.78 is 0. The first-order valence-electron chi connectivity index (χ1n) is 6.86. The predicted molar refractivity (Wildman–Crippen MR) is 78.0 cm³/mol. The third kappa shape index (κ3) is 4.27. The Morgan fingerprint density at radius 3 is 3.00 bits per heavy atom. The highest BCUT2D eigenvalue weighted by Gasteiger charge is 2.20. The van der Waals surface area contributed by atoms with Crippen molar-refractivity contribution in [2.45, 2.75) is 45.3 Å². The van der Waals surface area contributed by atoms with Gasteiger partial charge in [-0.25, -0.2) is 0 Å². The first-order valence-corrected chi connectivity index (χ1v) is 7.24. The zero-order chi connectivity index (χ0) is 13.0. The minimum atomic E-state index is 0.570. The molecular weight excluding hydrogens is 244 g/mol. The molecule has 1 N–H and O–H groups in total. The van der Waals surface area contributed by atoms with Crippen LogP contribution >= 0.6 is 11.6 Å². The molecule has 18 heavy (non-hydrogen) atoms. The molecule has 2 rings (SSSR count). The van der Waals surface area contributed by atoms with Gasteiger partial charge in [-0.15, -0.1) is 0 Å². The van der Waals surface area contributed by atoms with Crippen molar-refractivity contribution < 1.29 is 0 Å². The molecule has 1 fully saturated rings. The lowest BCUT2D eigenvalue weighted by molar-refractivity contribution is 0.178. The zero-order valence-corrected chi connectivity index (χ0v) is 12.1. The summed E-state index contributed by atoms with van der Waals surface area (Å²) in [4.78, 5) is 2.52. The molecule has 1 aromatic carbocycles. The molecule has 3 heteroatoms. The lowest BCUT2D eigenvalue weighted by Gasteiger charge is -2.34.